The number of allylic oxidation sites excluding steroid dienone is 2. The van der Waals surface area contributed by atoms with Gasteiger partial charge in [0.25, 0.3) is 0 Å². The molecule has 0 bridgehead atoms. The Labute approximate surface area is 311 Å². The number of aryl methyl sites for hydroxylation is 1. The fourth-order valence-corrected chi connectivity index (χ4v) is 9.96. The van der Waals surface area contributed by atoms with Gasteiger partial charge in [-0.15, -0.1) is 0 Å². The summed E-state index contributed by atoms with van der Waals surface area (Å²) in [7, 11) is 0. The van der Waals surface area contributed by atoms with E-state index in [-0.39, 0.29) is 10.8 Å². The molecule has 0 radical (unpaired) electrons. The molecule has 0 saturated heterocycles. The van der Waals surface area contributed by atoms with Crippen molar-refractivity contribution in [2.24, 2.45) is 5.92 Å². The van der Waals surface area contributed by atoms with Gasteiger partial charge >= 0.3 is 0 Å². The first-order valence-corrected chi connectivity index (χ1v) is 19.6. The number of hydrogen-bond donors (Lipinski definition) is 0. The molecular formula is C51H46N2. The van der Waals surface area contributed by atoms with Gasteiger partial charge in [-0.1, -0.05) is 139 Å². The molecular weight excluding hydrogens is 641 g/mol. The van der Waals surface area contributed by atoms with E-state index < -0.39 is 0 Å². The normalized spacial score (nSPS) is 16.4. The maximum Gasteiger partial charge on any atom is 0.0631 e. The predicted molar refractivity (Wildman–Crippen MR) is 228 cm³/mol. The Hall–Kier alpha value is -5.34. The highest BCUT2D eigenvalue weighted by Gasteiger charge is 2.33. The van der Waals surface area contributed by atoms with Crippen LogP contribution in [0.1, 0.15) is 88.5 Å². The van der Waals surface area contributed by atoms with Gasteiger partial charge in [-0.25, -0.2) is 0 Å². The summed E-state index contributed by atoms with van der Waals surface area (Å²) in [6.07, 6.45) is 12.9. The molecule has 0 fully saturated rings. The highest BCUT2D eigenvalue weighted by Crippen LogP contribution is 2.53. The summed E-state index contributed by atoms with van der Waals surface area (Å²) in [5, 5.41) is 8.49. The van der Waals surface area contributed by atoms with E-state index in [1.165, 1.54) is 110 Å². The molecule has 2 heteroatoms. The molecule has 4 aromatic heterocycles. The smallest absolute Gasteiger partial charge is 0.0631 e. The van der Waals surface area contributed by atoms with Crippen molar-refractivity contribution in [2.45, 2.75) is 78.6 Å². The first-order valence-electron chi connectivity index (χ1n) is 19.6. The summed E-state index contributed by atoms with van der Waals surface area (Å²) in [5.74, 6) is 0.498. The van der Waals surface area contributed by atoms with E-state index in [0.29, 0.717) is 5.92 Å². The number of aromatic nitrogens is 2. The third-order valence-corrected chi connectivity index (χ3v) is 12.7. The number of rotatable bonds is 2. The van der Waals surface area contributed by atoms with Crippen molar-refractivity contribution in [3.8, 4) is 22.3 Å². The molecule has 2 aliphatic carbocycles. The van der Waals surface area contributed by atoms with Crippen molar-refractivity contribution in [1.29, 1.82) is 0 Å². The SMILES string of the molecule is CC1C=Cc2c(n3c4cc(-c5ccc(C(C)(C)C)cc5)ccc4c4c5c6c(n7c8cc(-c9ccc(C(C)(C)C)cc9)ccc8c(c2c43)c57)C=CCC6)C1. The summed E-state index contributed by atoms with van der Waals surface area (Å²) >= 11 is 0. The minimum Gasteiger partial charge on any atom is -0.312 e. The predicted octanol–water partition coefficient (Wildman–Crippen LogP) is 13.8. The maximum atomic E-state index is 2.68. The van der Waals surface area contributed by atoms with Crippen LogP contribution in [-0.4, -0.2) is 8.80 Å². The zero-order chi connectivity index (χ0) is 36.1. The Balaban J connectivity index is 1.25. The van der Waals surface area contributed by atoms with E-state index in [1.54, 1.807) is 0 Å². The largest absolute Gasteiger partial charge is 0.312 e. The van der Waals surface area contributed by atoms with Crippen molar-refractivity contribution < 1.29 is 0 Å². The summed E-state index contributed by atoms with van der Waals surface area (Å²) in [5.41, 5.74) is 19.3. The summed E-state index contributed by atoms with van der Waals surface area (Å²) in [4.78, 5) is 0. The first-order chi connectivity index (χ1) is 25.5. The molecule has 0 spiro atoms. The van der Waals surface area contributed by atoms with Crippen LogP contribution in [0.3, 0.4) is 0 Å². The van der Waals surface area contributed by atoms with Crippen LogP contribution in [0.15, 0.2) is 97.1 Å². The molecule has 0 aliphatic heterocycles. The Morgan fingerprint density at radius 3 is 1.68 bits per heavy atom. The van der Waals surface area contributed by atoms with E-state index in [9.17, 15) is 0 Å². The quantitative estimate of drug-likeness (QED) is 0.171. The van der Waals surface area contributed by atoms with E-state index >= 15 is 0 Å². The van der Waals surface area contributed by atoms with Crippen molar-refractivity contribution in [3.05, 3.63) is 131 Å². The molecule has 1 unspecified atom stereocenters. The summed E-state index contributed by atoms with van der Waals surface area (Å²) in [6, 6.07) is 33.0. The average Bonchev–Trinajstić information content (AvgIpc) is 3.86. The van der Waals surface area contributed by atoms with Gasteiger partial charge < -0.3 is 8.80 Å². The zero-order valence-corrected chi connectivity index (χ0v) is 32.0. The van der Waals surface area contributed by atoms with Crippen LogP contribution in [-0.2, 0) is 23.7 Å². The van der Waals surface area contributed by atoms with E-state index in [0.717, 1.165) is 19.3 Å². The Kier molecular flexibility index (Phi) is 6.13. The lowest BCUT2D eigenvalue weighted by Gasteiger charge is -2.19. The molecule has 9 aromatic rings. The van der Waals surface area contributed by atoms with Gasteiger partial charge in [0.05, 0.1) is 22.1 Å². The van der Waals surface area contributed by atoms with Gasteiger partial charge in [0.1, 0.15) is 0 Å². The third-order valence-electron chi connectivity index (χ3n) is 12.7. The van der Waals surface area contributed by atoms with E-state index in [4.69, 9.17) is 0 Å². The molecule has 1 atom stereocenters. The van der Waals surface area contributed by atoms with Gasteiger partial charge in [-0.2, -0.15) is 0 Å². The number of fused-ring (bicyclic) bond motifs is 14. The molecule has 0 saturated carbocycles. The second-order valence-corrected chi connectivity index (χ2v) is 18.2. The molecule has 5 aromatic carbocycles. The van der Waals surface area contributed by atoms with Gasteiger partial charge in [0.15, 0.2) is 0 Å². The van der Waals surface area contributed by atoms with Gasteiger partial charge in [-0.05, 0) is 93.2 Å². The summed E-state index contributed by atoms with van der Waals surface area (Å²) < 4.78 is 5.32. The van der Waals surface area contributed by atoms with Crippen LogP contribution < -0.4 is 0 Å². The Bertz CT molecular complexity index is 3010. The van der Waals surface area contributed by atoms with Crippen molar-refractivity contribution in [3.63, 3.8) is 0 Å². The highest BCUT2D eigenvalue weighted by atomic mass is 15.0. The molecule has 11 rings (SSSR count). The standard InChI is InChI=1S/C51H46N2/c1-29-12-23-37-41(26-29)53-43-28-33(31-15-21-35(22-16-31)51(5,6)7)18-25-39(43)46-44-36-10-8-9-11-40(36)52-42-27-32(30-13-19-34(20-14-30)50(2,3)4)17-24-38(42)47(48(44)52)45(37)49(46)53/h9,11-25,27-29H,8,10,26H2,1-7H3. The topological polar surface area (TPSA) is 8.82 Å². The van der Waals surface area contributed by atoms with E-state index in [2.05, 4.69) is 167 Å². The van der Waals surface area contributed by atoms with Crippen LogP contribution in [0.25, 0.3) is 88.8 Å². The van der Waals surface area contributed by atoms with Gasteiger partial charge in [0.2, 0.25) is 0 Å². The lowest BCUT2D eigenvalue weighted by Crippen LogP contribution is -2.10. The van der Waals surface area contributed by atoms with Crippen LogP contribution in [0.2, 0.25) is 0 Å². The third kappa shape index (κ3) is 4.21. The molecule has 4 heterocycles. The Morgan fingerprint density at radius 2 is 1.09 bits per heavy atom. The molecule has 2 aliphatic rings. The minimum absolute atomic E-state index is 0.133. The van der Waals surface area contributed by atoms with Crippen LogP contribution in [0.5, 0.6) is 0 Å². The fraction of sp³-hybridized carbons (Fsp3) is 0.255. The van der Waals surface area contributed by atoms with Gasteiger partial charge in [0, 0.05) is 49.3 Å². The van der Waals surface area contributed by atoms with Crippen LogP contribution >= 0.6 is 0 Å². The number of hydrogen-bond acceptors (Lipinski definition) is 0. The van der Waals surface area contributed by atoms with Gasteiger partial charge in [-0.3, -0.25) is 0 Å². The maximum absolute atomic E-state index is 2.68. The lowest BCUT2D eigenvalue weighted by molar-refractivity contribution is 0.590. The van der Waals surface area contributed by atoms with Crippen LogP contribution in [0.4, 0.5) is 0 Å². The monoisotopic (exact) mass is 686 g/mol. The molecule has 0 amide bonds. The Morgan fingerprint density at radius 1 is 0.566 bits per heavy atom. The average molecular weight is 687 g/mol. The molecule has 2 nitrogen and oxygen atoms in total. The molecule has 0 N–H and O–H groups in total. The summed E-state index contributed by atoms with van der Waals surface area (Å²) in [6.45, 7) is 16.1. The van der Waals surface area contributed by atoms with E-state index in [1.807, 2.05) is 0 Å². The molecule has 260 valence electrons. The second-order valence-electron chi connectivity index (χ2n) is 18.2. The first kappa shape index (κ1) is 31.2. The molecule has 53 heavy (non-hydrogen) atoms. The van der Waals surface area contributed by atoms with Crippen molar-refractivity contribution in [1.82, 2.24) is 8.80 Å². The fourth-order valence-electron chi connectivity index (χ4n) is 9.96. The number of benzene rings is 5. The lowest BCUT2D eigenvalue weighted by atomic mass is 9.86. The van der Waals surface area contributed by atoms with Crippen LogP contribution in [0, 0.1) is 5.92 Å². The van der Waals surface area contributed by atoms with Crippen molar-refractivity contribution >= 4 is 66.5 Å². The van der Waals surface area contributed by atoms with Crippen molar-refractivity contribution in [2.75, 3.05) is 0 Å². The number of nitrogens with zero attached hydrogens (tertiary/aromatic N) is 2. The zero-order valence-electron chi connectivity index (χ0n) is 32.0. The highest BCUT2D eigenvalue weighted by molar-refractivity contribution is 6.39. The minimum atomic E-state index is 0.133. The second kappa shape index (κ2) is 10.4.